The maximum absolute atomic E-state index is 5.90. The highest BCUT2D eigenvalue weighted by molar-refractivity contribution is 6.30. The zero-order valence-electron chi connectivity index (χ0n) is 11.2. The second-order valence-corrected chi connectivity index (χ2v) is 5.67. The lowest BCUT2D eigenvalue weighted by atomic mass is 9.93. The van der Waals surface area contributed by atoms with Gasteiger partial charge in [-0.1, -0.05) is 23.7 Å². The quantitative estimate of drug-likeness (QED) is 0.881. The SMILES string of the molecule is CNCCC1CCN(Cc2ccc(Cl)cc2)CC1. The van der Waals surface area contributed by atoms with E-state index in [1.54, 1.807) is 0 Å². The molecule has 0 spiro atoms. The highest BCUT2D eigenvalue weighted by Crippen LogP contribution is 2.21. The van der Waals surface area contributed by atoms with Gasteiger partial charge in [-0.25, -0.2) is 0 Å². The molecule has 1 heterocycles. The van der Waals surface area contributed by atoms with E-state index >= 15 is 0 Å². The van der Waals surface area contributed by atoms with E-state index in [2.05, 4.69) is 22.3 Å². The smallest absolute Gasteiger partial charge is 0.0406 e. The monoisotopic (exact) mass is 266 g/mol. The molecule has 18 heavy (non-hydrogen) atoms. The van der Waals surface area contributed by atoms with Crippen molar-refractivity contribution < 1.29 is 0 Å². The molecule has 1 aromatic carbocycles. The van der Waals surface area contributed by atoms with Crippen molar-refractivity contribution in [1.29, 1.82) is 0 Å². The van der Waals surface area contributed by atoms with Crippen molar-refractivity contribution >= 4 is 11.6 Å². The van der Waals surface area contributed by atoms with Gasteiger partial charge in [0.15, 0.2) is 0 Å². The molecule has 1 saturated heterocycles. The third kappa shape index (κ3) is 4.27. The van der Waals surface area contributed by atoms with Crippen molar-refractivity contribution in [3.8, 4) is 0 Å². The normalized spacial score (nSPS) is 18.1. The summed E-state index contributed by atoms with van der Waals surface area (Å²) >= 11 is 5.90. The Balaban J connectivity index is 1.74. The van der Waals surface area contributed by atoms with E-state index in [9.17, 15) is 0 Å². The Hall–Kier alpha value is -0.570. The van der Waals surface area contributed by atoms with Gasteiger partial charge in [-0.3, -0.25) is 4.90 Å². The Morgan fingerprint density at radius 3 is 2.50 bits per heavy atom. The second-order valence-electron chi connectivity index (χ2n) is 5.24. The molecule has 1 fully saturated rings. The third-order valence-corrected chi connectivity index (χ3v) is 4.08. The van der Waals surface area contributed by atoms with Gasteiger partial charge < -0.3 is 5.32 Å². The molecule has 100 valence electrons. The van der Waals surface area contributed by atoms with Gasteiger partial charge in [-0.2, -0.15) is 0 Å². The first-order valence-electron chi connectivity index (χ1n) is 6.89. The van der Waals surface area contributed by atoms with Crippen LogP contribution in [0.5, 0.6) is 0 Å². The lowest BCUT2D eigenvalue weighted by Gasteiger charge is -2.32. The van der Waals surface area contributed by atoms with E-state index in [1.807, 2.05) is 19.2 Å². The largest absolute Gasteiger partial charge is 0.320 e. The number of nitrogens with zero attached hydrogens (tertiary/aromatic N) is 1. The minimum Gasteiger partial charge on any atom is -0.320 e. The first-order chi connectivity index (χ1) is 8.78. The van der Waals surface area contributed by atoms with Gasteiger partial charge in [-0.15, -0.1) is 0 Å². The molecule has 0 atom stereocenters. The fourth-order valence-electron chi connectivity index (χ4n) is 2.63. The van der Waals surface area contributed by atoms with Crippen LogP contribution in [0.1, 0.15) is 24.8 Å². The summed E-state index contributed by atoms with van der Waals surface area (Å²) in [5, 5.41) is 4.07. The molecule has 2 rings (SSSR count). The lowest BCUT2D eigenvalue weighted by molar-refractivity contribution is 0.172. The Morgan fingerprint density at radius 2 is 1.89 bits per heavy atom. The minimum absolute atomic E-state index is 0.824. The average molecular weight is 267 g/mol. The number of likely N-dealkylation sites (tertiary alicyclic amines) is 1. The van der Waals surface area contributed by atoms with Crippen molar-refractivity contribution in [2.75, 3.05) is 26.7 Å². The average Bonchev–Trinajstić information content (AvgIpc) is 2.41. The summed E-state index contributed by atoms with van der Waals surface area (Å²) in [4.78, 5) is 2.55. The summed E-state index contributed by atoms with van der Waals surface area (Å²) in [6.07, 6.45) is 4.01. The van der Waals surface area contributed by atoms with E-state index in [-0.39, 0.29) is 0 Å². The second kappa shape index (κ2) is 7.13. The zero-order chi connectivity index (χ0) is 12.8. The first kappa shape index (κ1) is 13.9. The molecule has 1 aliphatic rings. The fourth-order valence-corrected chi connectivity index (χ4v) is 2.76. The van der Waals surface area contributed by atoms with Crippen molar-refractivity contribution in [2.24, 2.45) is 5.92 Å². The Labute approximate surface area is 115 Å². The van der Waals surface area contributed by atoms with E-state index < -0.39 is 0 Å². The highest BCUT2D eigenvalue weighted by Gasteiger charge is 2.18. The van der Waals surface area contributed by atoms with Crippen molar-refractivity contribution in [1.82, 2.24) is 10.2 Å². The van der Waals surface area contributed by atoms with Crippen molar-refractivity contribution in [3.63, 3.8) is 0 Å². The minimum atomic E-state index is 0.824. The lowest BCUT2D eigenvalue weighted by Crippen LogP contribution is -2.34. The van der Waals surface area contributed by atoms with Crippen LogP contribution >= 0.6 is 11.6 Å². The van der Waals surface area contributed by atoms with Gasteiger partial charge in [0.05, 0.1) is 0 Å². The van der Waals surface area contributed by atoms with E-state index in [0.717, 1.165) is 24.0 Å². The molecule has 1 aliphatic heterocycles. The number of halogens is 1. The van der Waals surface area contributed by atoms with Gasteiger partial charge in [-0.05, 0) is 69.6 Å². The molecule has 0 saturated carbocycles. The molecule has 0 unspecified atom stereocenters. The summed E-state index contributed by atoms with van der Waals surface area (Å²) < 4.78 is 0. The Kier molecular flexibility index (Phi) is 5.48. The Morgan fingerprint density at radius 1 is 1.22 bits per heavy atom. The third-order valence-electron chi connectivity index (χ3n) is 3.83. The maximum Gasteiger partial charge on any atom is 0.0406 e. The number of piperidine rings is 1. The number of benzene rings is 1. The molecule has 1 aromatic rings. The summed E-state index contributed by atoms with van der Waals surface area (Å²) in [6, 6.07) is 8.23. The number of nitrogens with one attached hydrogen (secondary N) is 1. The van der Waals surface area contributed by atoms with Crippen LogP contribution in [0.4, 0.5) is 0 Å². The summed E-state index contributed by atoms with van der Waals surface area (Å²) in [7, 11) is 2.04. The van der Waals surface area contributed by atoms with Crippen LogP contribution in [0, 0.1) is 5.92 Å². The molecule has 0 amide bonds. The van der Waals surface area contributed by atoms with Crippen molar-refractivity contribution in [2.45, 2.75) is 25.8 Å². The fraction of sp³-hybridized carbons (Fsp3) is 0.600. The van der Waals surface area contributed by atoms with Crippen LogP contribution in [0.25, 0.3) is 0 Å². The first-order valence-corrected chi connectivity index (χ1v) is 7.27. The van der Waals surface area contributed by atoms with Gasteiger partial charge in [0.1, 0.15) is 0 Å². The van der Waals surface area contributed by atoms with Crippen LogP contribution in [-0.2, 0) is 6.54 Å². The Bertz CT molecular complexity index is 342. The van der Waals surface area contributed by atoms with Crippen LogP contribution in [0.2, 0.25) is 5.02 Å². The molecule has 0 aromatic heterocycles. The van der Waals surface area contributed by atoms with Crippen LogP contribution in [0.15, 0.2) is 24.3 Å². The highest BCUT2D eigenvalue weighted by atomic mass is 35.5. The molecule has 2 nitrogen and oxygen atoms in total. The predicted octanol–water partition coefficient (Wildman–Crippen LogP) is 3.16. The molecular weight excluding hydrogens is 244 g/mol. The van der Waals surface area contributed by atoms with E-state index in [1.165, 1.54) is 37.9 Å². The van der Waals surface area contributed by atoms with E-state index in [4.69, 9.17) is 11.6 Å². The summed E-state index contributed by atoms with van der Waals surface area (Å²) in [6.45, 7) is 4.69. The topological polar surface area (TPSA) is 15.3 Å². The summed E-state index contributed by atoms with van der Waals surface area (Å²) in [5.41, 5.74) is 1.37. The van der Waals surface area contributed by atoms with Gasteiger partial charge in [0, 0.05) is 11.6 Å². The molecule has 3 heteroatoms. The molecule has 1 N–H and O–H groups in total. The standard InChI is InChI=1S/C15H23ClN2/c1-17-9-6-13-7-10-18(11-8-13)12-14-2-4-15(16)5-3-14/h2-5,13,17H,6-12H2,1H3. The molecular formula is C15H23ClN2. The maximum atomic E-state index is 5.90. The summed E-state index contributed by atoms with van der Waals surface area (Å²) in [5.74, 6) is 0.916. The van der Waals surface area contributed by atoms with Crippen LogP contribution < -0.4 is 5.32 Å². The molecule has 0 aliphatic carbocycles. The molecule has 0 radical (unpaired) electrons. The van der Waals surface area contributed by atoms with Crippen molar-refractivity contribution in [3.05, 3.63) is 34.9 Å². The number of rotatable bonds is 5. The van der Waals surface area contributed by atoms with Gasteiger partial charge in [0.2, 0.25) is 0 Å². The number of hydrogen-bond acceptors (Lipinski definition) is 2. The predicted molar refractivity (Wildman–Crippen MR) is 78.0 cm³/mol. The van der Waals surface area contributed by atoms with Crippen LogP contribution in [-0.4, -0.2) is 31.6 Å². The van der Waals surface area contributed by atoms with Gasteiger partial charge in [0.25, 0.3) is 0 Å². The van der Waals surface area contributed by atoms with Crippen LogP contribution in [0.3, 0.4) is 0 Å². The van der Waals surface area contributed by atoms with Gasteiger partial charge >= 0.3 is 0 Å². The zero-order valence-corrected chi connectivity index (χ0v) is 11.9. The number of hydrogen-bond donors (Lipinski definition) is 1. The molecule has 0 bridgehead atoms. The van der Waals surface area contributed by atoms with E-state index in [0.29, 0.717) is 0 Å².